The van der Waals surface area contributed by atoms with Crippen LogP contribution in [0.3, 0.4) is 0 Å². The van der Waals surface area contributed by atoms with Crippen LogP contribution in [-0.2, 0) is 6.54 Å². The molecule has 2 aromatic rings. The number of fused-ring (bicyclic) bond motifs is 1. The van der Waals surface area contributed by atoms with Crippen molar-refractivity contribution in [2.24, 2.45) is 0 Å². The fraction of sp³-hybridized carbons (Fsp3) is 0.188. The molecule has 0 amide bonds. The van der Waals surface area contributed by atoms with Crippen LogP contribution in [0.1, 0.15) is 11.1 Å². The Hall–Kier alpha value is -2.54. The molecule has 0 aromatic heterocycles. The minimum atomic E-state index is -0.391. The summed E-state index contributed by atoms with van der Waals surface area (Å²) in [6, 6.07) is 14.2. The highest BCUT2D eigenvalue weighted by molar-refractivity contribution is 5.53. The van der Waals surface area contributed by atoms with Gasteiger partial charge in [-0.05, 0) is 24.3 Å². The van der Waals surface area contributed by atoms with Crippen molar-refractivity contribution >= 4 is 5.69 Å². The highest BCUT2D eigenvalue weighted by atomic mass is 19.1. The van der Waals surface area contributed by atoms with E-state index < -0.39 is 5.82 Å². The van der Waals surface area contributed by atoms with Crippen molar-refractivity contribution < 1.29 is 9.13 Å². The Morgan fingerprint density at radius 1 is 1.20 bits per heavy atom. The van der Waals surface area contributed by atoms with Crippen LogP contribution in [0.4, 0.5) is 10.1 Å². The van der Waals surface area contributed by atoms with Crippen LogP contribution in [0, 0.1) is 17.1 Å². The molecule has 100 valence electrons. The number of anilines is 1. The maximum atomic E-state index is 13.6. The van der Waals surface area contributed by atoms with Gasteiger partial charge in [0, 0.05) is 17.8 Å². The van der Waals surface area contributed by atoms with E-state index in [1.54, 1.807) is 6.07 Å². The molecule has 0 aliphatic carbocycles. The van der Waals surface area contributed by atoms with Crippen molar-refractivity contribution in [2.45, 2.75) is 6.54 Å². The molecule has 2 aromatic carbocycles. The molecule has 0 fully saturated rings. The molecule has 1 aliphatic heterocycles. The third-order valence-electron chi connectivity index (χ3n) is 3.33. The first-order chi connectivity index (χ1) is 9.76. The molecule has 0 atom stereocenters. The van der Waals surface area contributed by atoms with E-state index in [0.717, 1.165) is 11.3 Å². The van der Waals surface area contributed by atoms with Gasteiger partial charge in [0.15, 0.2) is 0 Å². The van der Waals surface area contributed by atoms with E-state index >= 15 is 0 Å². The minimum absolute atomic E-state index is 0.332. The van der Waals surface area contributed by atoms with Gasteiger partial charge in [-0.3, -0.25) is 0 Å². The lowest BCUT2D eigenvalue weighted by molar-refractivity contribution is 0.331. The molecule has 0 N–H and O–H groups in total. The summed E-state index contributed by atoms with van der Waals surface area (Å²) in [6.07, 6.45) is 0. The number of rotatable bonds is 1. The van der Waals surface area contributed by atoms with Crippen molar-refractivity contribution in [1.29, 1.82) is 5.26 Å². The maximum absolute atomic E-state index is 13.6. The van der Waals surface area contributed by atoms with Gasteiger partial charge in [0.05, 0.1) is 18.2 Å². The Morgan fingerprint density at radius 2 is 2.05 bits per heavy atom. The number of halogens is 1. The van der Waals surface area contributed by atoms with Crippen LogP contribution in [0.5, 0.6) is 5.75 Å². The smallest absolute Gasteiger partial charge is 0.126 e. The molecule has 4 heteroatoms. The van der Waals surface area contributed by atoms with Gasteiger partial charge in [-0.25, -0.2) is 4.39 Å². The third-order valence-corrected chi connectivity index (χ3v) is 3.33. The van der Waals surface area contributed by atoms with Gasteiger partial charge in [-0.1, -0.05) is 18.2 Å². The number of nitrogens with zero attached hydrogens (tertiary/aromatic N) is 2. The largest absolute Gasteiger partial charge is 0.491 e. The summed E-state index contributed by atoms with van der Waals surface area (Å²) in [6.45, 7) is 1.84. The van der Waals surface area contributed by atoms with E-state index in [0.29, 0.717) is 30.9 Å². The van der Waals surface area contributed by atoms with E-state index in [9.17, 15) is 4.39 Å². The Bertz CT molecular complexity index is 678. The van der Waals surface area contributed by atoms with Crippen LogP contribution in [0.15, 0.2) is 42.5 Å². The summed E-state index contributed by atoms with van der Waals surface area (Å²) in [5, 5.41) is 8.94. The monoisotopic (exact) mass is 268 g/mol. The number of benzene rings is 2. The predicted molar refractivity (Wildman–Crippen MR) is 74.1 cm³/mol. The fourth-order valence-corrected chi connectivity index (χ4v) is 2.37. The Morgan fingerprint density at radius 3 is 2.90 bits per heavy atom. The summed E-state index contributed by atoms with van der Waals surface area (Å²) in [7, 11) is 0. The topological polar surface area (TPSA) is 36.3 Å². The van der Waals surface area contributed by atoms with Crippen LogP contribution in [0.2, 0.25) is 0 Å². The number of ether oxygens (including phenoxy) is 1. The zero-order chi connectivity index (χ0) is 13.9. The van der Waals surface area contributed by atoms with E-state index in [1.165, 1.54) is 12.1 Å². The maximum Gasteiger partial charge on any atom is 0.126 e. The summed E-state index contributed by atoms with van der Waals surface area (Å²) >= 11 is 0. The van der Waals surface area contributed by atoms with E-state index in [2.05, 4.69) is 0 Å². The molecule has 1 aliphatic rings. The number of nitriles is 1. The van der Waals surface area contributed by atoms with E-state index in [4.69, 9.17) is 10.00 Å². The standard InChI is InChI=1S/C16H13FN2O/c17-14-7-12(10-18)8-15(9-14)19-5-6-20-16-4-2-1-3-13(16)11-19/h1-4,7-9H,5-6,11H2. The van der Waals surface area contributed by atoms with Crippen LogP contribution in [0.25, 0.3) is 0 Å². The molecule has 3 nitrogen and oxygen atoms in total. The summed E-state index contributed by atoms with van der Waals surface area (Å²) < 4.78 is 19.2. The average molecular weight is 268 g/mol. The number of hydrogen-bond donors (Lipinski definition) is 0. The highest BCUT2D eigenvalue weighted by Gasteiger charge is 2.16. The molecule has 0 spiro atoms. The van der Waals surface area contributed by atoms with Gasteiger partial charge in [0.1, 0.15) is 18.2 Å². The van der Waals surface area contributed by atoms with E-state index in [1.807, 2.05) is 35.2 Å². The quantitative estimate of drug-likeness (QED) is 0.797. The summed E-state index contributed by atoms with van der Waals surface area (Å²) in [5.74, 6) is 0.476. The first kappa shape index (κ1) is 12.5. The molecule has 0 saturated heterocycles. The minimum Gasteiger partial charge on any atom is -0.491 e. The van der Waals surface area contributed by atoms with Crippen LogP contribution in [-0.4, -0.2) is 13.2 Å². The second kappa shape index (κ2) is 5.22. The molecular weight excluding hydrogens is 255 g/mol. The number of para-hydroxylation sites is 1. The Labute approximate surface area is 116 Å². The van der Waals surface area contributed by atoms with Crippen molar-refractivity contribution in [3.8, 4) is 11.8 Å². The predicted octanol–water partition coefficient (Wildman–Crippen LogP) is 3.10. The van der Waals surface area contributed by atoms with Gasteiger partial charge in [-0.2, -0.15) is 5.26 Å². The van der Waals surface area contributed by atoms with Gasteiger partial charge in [0.25, 0.3) is 0 Å². The molecule has 1 heterocycles. The van der Waals surface area contributed by atoms with Gasteiger partial charge in [-0.15, -0.1) is 0 Å². The molecule has 0 unspecified atom stereocenters. The van der Waals surface area contributed by atoms with Crippen LogP contribution >= 0.6 is 0 Å². The molecule has 0 radical (unpaired) electrons. The second-order valence-corrected chi connectivity index (χ2v) is 4.69. The lowest BCUT2D eigenvalue weighted by atomic mass is 10.1. The Kier molecular flexibility index (Phi) is 3.26. The highest BCUT2D eigenvalue weighted by Crippen LogP contribution is 2.27. The first-order valence-electron chi connectivity index (χ1n) is 6.42. The third kappa shape index (κ3) is 2.43. The zero-order valence-electron chi connectivity index (χ0n) is 10.8. The number of hydrogen-bond acceptors (Lipinski definition) is 3. The summed E-state index contributed by atoms with van der Waals surface area (Å²) in [5.41, 5.74) is 2.10. The molecule has 0 bridgehead atoms. The van der Waals surface area contributed by atoms with Gasteiger partial charge in [0.2, 0.25) is 0 Å². The molecule has 3 rings (SSSR count). The normalized spacial score (nSPS) is 13.9. The van der Waals surface area contributed by atoms with E-state index in [-0.39, 0.29) is 0 Å². The van der Waals surface area contributed by atoms with Crippen molar-refractivity contribution in [3.05, 3.63) is 59.4 Å². The molecule has 20 heavy (non-hydrogen) atoms. The first-order valence-corrected chi connectivity index (χ1v) is 6.42. The van der Waals surface area contributed by atoms with Crippen LogP contribution < -0.4 is 9.64 Å². The van der Waals surface area contributed by atoms with Crippen molar-refractivity contribution in [2.75, 3.05) is 18.1 Å². The Balaban J connectivity index is 1.95. The van der Waals surface area contributed by atoms with Crippen molar-refractivity contribution in [3.63, 3.8) is 0 Å². The van der Waals surface area contributed by atoms with Gasteiger partial charge >= 0.3 is 0 Å². The molecule has 0 saturated carbocycles. The zero-order valence-corrected chi connectivity index (χ0v) is 10.8. The average Bonchev–Trinajstić information content (AvgIpc) is 2.68. The molecular formula is C16H13FN2O. The summed E-state index contributed by atoms with van der Waals surface area (Å²) in [4.78, 5) is 2.02. The SMILES string of the molecule is N#Cc1cc(F)cc(N2CCOc3ccccc3C2)c1. The lowest BCUT2D eigenvalue weighted by Crippen LogP contribution is -2.25. The van der Waals surface area contributed by atoms with Crippen molar-refractivity contribution in [1.82, 2.24) is 0 Å². The van der Waals surface area contributed by atoms with Gasteiger partial charge < -0.3 is 9.64 Å². The fourth-order valence-electron chi connectivity index (χ4n) is 2.37. The second-order valence-electron chi connectivity index (χ2n) is 4.69. The lowest BCUT2D eigenvalue weighted by Gasteiger charge is -2.22.